The van der Waals surface area contributed by atoms with E-state index in [2.05, 4.69) is 57.0 Å². The number of rotatable bonds is 3. The van der Waals surface area contributed by atoms with E-state index in [1.807, 2.05) is 6.20 Å². The second kappa shape index (κ2) is 6.13. The maximum absolute atomic E-state index is 4.73. The van der Waals surface area contributed by atoms with Crippen molar-refractivity contribution in [1.82, 2.24) is 10.3 Å². The summed E-state index contributed by atoms with van der Waals surface area (Å²) in [7, 11) is 0. The number of aromatic nitrogens is 1. The van der Waals surface area contributed by atoms with Gasteiger partial charge in [0.25, 0.3) is 0 Å². The molecular weight excluding hydrogens is 246 g/mol. The second-order valence-electron chi connectivity index (χ2n) is 6.88. The van der Waals surface area contributed by atoms with Gasteiger partial charge in [-0.3, -0.25) is 0 Å². The monoisotopic (exact) mass is 275 g/mol. The van der Waals surface area contributed by atoms with Gasteiger partial charge in [-0.15, -0.1) is 0 Å². The molecular formula is C17H29N3. The molecule has 3 nitrogen and oxygen atoms in total. The largest absolute Gasteiger partial charge is 0.351 e. The molecule has 1 aliphatic heterocycles. The zero-order valence-corrected chi connectivity index (χ0v) is 13.6. The molecule has 2 unspecified atom stereocenters. The topological polar surface area (TPSA) is 28.2 Å². The Kier molecular flexibility index (Phi) is 4.69. The standard InChI is InChI=1S/C17H29N3/c1-6-14-12-20(15(7-2)11-18-14)16-9-8-13(10-19-16)17(3,4)5/h8-10,14-15,18H,6-7,11-12H2,1-5H3. The molecule has 2 rings (SSSR count). The van der Waals surface area contributed by atoms with Crippen LogP contribution in [-0.2, 0) is 5.41 Å². The van der Waals surface area contributed by atoms with Crippen LogP contribution in [0.2, 0.25) is 0 Å². The first-order chi connectivity index (χ1) is 9.45. The summed E-state index contributed by atoms with van der Waals surface area (Å²) in [5.41, 5.74) is 1.47. The lowest BCUT2D eigenvalue weighted by atomic mass is 9.88. The number of piperazine rings is 1. The Balaban J connectivity index is 2.19. The lowest BCUT2D eigenvalue weighted by Gasteiger charge is -2.41. The Hall–Kier alpha value is -1.09. The van der Waals surface area contributed by atoms with Crippen LogP contribution in [0.15, 0.2) is 18.3 Å². The summed E-state index contributed by atoms with van der Waals surface area (Å²) in [5, 5.41) is 3.64. The minimum atomic E-state index is 0.172. The zero-order chi connectivity index (χ0) is 14.8. The van der Waals surface area contributed by atoms with Gasteiger partial charge in [-0.1, -0.05) is 40.7 Å². The van der Waals surface area contributed by atoms with Crippen LogP contribution >= 0.6 is 0 Å². The molecule has 0 aliphatic carbocycles. The fourth-order valence-corrected chi connectivity index (χ4v) is 2.78. The molecule has 1 aliphatic rings. The van der Waals surface area contributed by atoms with Crippen molar-refractivity contribution in [2.75, 3.05) is 18.0 Å². The molecule has 0 radical (unpaired) electrons. The number of hydrogen-bond donors (Lipinski definition) is 1. The van der Waals surface area contributed by atoms with E-state index in [1.54, 1.807) is 0 Å². The molecule has 0 bridgehead atoms. The molecule has 20 heavy (non-hydrogen) atoms. The van der Waals surface area contributed by atoms with Gasteiger partial charge in [-0.2, -0.15) is 0 Å². The van der Waals surface area contributed by atoms with Gasteiger partial charge in [-0.05, 0) is 29.9 Å². The quantitative estimate of drug-likeness (QED) is 0.917. The summed E-state index contributed by atoms with van der Waals surface area (Å²) in [6.45, 7) is 13.3. The first-order valence-electron chi connectivity index (χ1n) is 7.92. The molecule has 3 heteroatoms. The Morgan fingerprint density at radius 1 is 1.25 bits per heavy atom. The first kappa shape index (κ1) is 15.3. The van der Waals surface area contributed by atoms with Gasteiger partial charge >= 0.3 is 0 Å². The summed E-state index contributed by atoms with van der Waals surface area (Å²) >= 11 is 0. The zero-order valence-electron chi connectivity index (χ0n) is 13.6. The maximum Gasteiger partial charge on any atom is 0.128 e. The van der Waals surface area contributed by atoms with Crippen molar-refractivity contribution in [3.63, 3.8) is 0 Å². The SMILES string of the molecule is CCC1CN(c2ccc(C(C)(C)C)cn2)C(CC)CN1. The highest BCUT2D eigenvalue weighted by Crippen LogP contribution is 2.25. The van der Waals surface area contributed by atoms with Gasteiger partial charge in [0.15, 0.2) is 0 Å². The highest BCUT2D eigenvalue weighted by atomic mass is 15.3. The fraction of sp³-hybridized carbons (Fsp3) is 0.706. The molecule has 2 heterocycles. The predicted molar refractivity (Wildman–Crippen MR) is 86.4 cm³/mol. The van der Waals surface area contributed by atoms with E-state index >= 15 is 0 Å². The van der Waals surface area contributed by atoms with Crippen LogP contribution in [0.3, 0.4) is 0 Å². The minimum Gasteiger partial charge on any atom is -0.351 e. The molecule has 1 fully saturated rings. The van der Waals surface area contributed by atoms with Crippen LogP contribution in [0.5, 0.6) is 0 Å². The second-order valence-corrected chi connectivity index (χ2v) is 6.88. The molecule has 1 saturated heterocycles. The van der Waals surface area contributed by atoms with Crippen molar-refractivity contribution >= 4 is 5.82 Å². The Morgan fingerprint density at radius 2 is 2.00 bits per heavy atom. The van der Waals surface area contributed by atoms with Gasteiger partial charge in [-0.25, -0.2) is 4.98 Å². The summed E-state index contributed by atoms with van der Waals surface area (Å²) in [5.74, 6) is 1.13. The fourth-order valence-electron chi connectivity index (χ4n) is 2.78. The Bertz CT molecular complexity index is 419. The molecule has 1 N–H and O–H groups in total. The van der Waals surface area contributed by atoms with Crippen LogP contribution in [0.1, 0.15) is 53.0 Å². The number of nitrogens with zero attached hydrogens (tertiary/aromatic N) is 2. The molecule has 112 valence electrons. The Labute approximate surface area is 123 Å². The van der Waals surface area contributed by atoms with E-state index in [9.17, 15) is 0 Å². The molecule has 0 amide bonds. The van der Waals surface area contributed by atoms with Gasteiger partial charge in [0.05, 0.1) is 0 Å². The lowest BCUT2D eigenvalue weighted by Crippen LogP contribution is -2.56. The normalized spacial score (nSPS) is 23.9. The van der Waals surface area contributed by atoms with Crippen molar-refractivity contribution in [3.05, 3.63) is 23.9 Å². The van der Waals surface area contributed by atoms with Crippen LogP contribution in [0.25, 0.3) is 0 Å². The van der Waals surface area contributed by atoms with E-state index < -0.39 is 0 Å². The summed E-state index contributed by atoms with van der Waals surface area (Å²) in [4.78, 5) is 7.22. The van der Waals surface area contributed by atoms with Gasteiger partial charge < -0.3 is 10.2 Å². The molecule has 0 aromatic carbocycles. The van der Waals surface area contributed by atoms with Crippen molar-refractivity contribution in [1.29, 1.82) is 0 Å². The van der Waals surface area contributed by atoms with Crippen LogP contribution < -0.4 is 10.2 Å². The molecule has 0 saturated carbocycles. The lowest BCUT2D eigenvalue weighted by molar-refractivity contribution is 0.376. The minimum absolute atomic E-state index is 0.172. The number of hydrogen-bond acceptors (Lipinski definition) is 3. The van der Waals surface area contributed by atoms with Gasteiger partial charge in [0, 0.05) is 31.4 Å². The van der Waals surface area contributed by atoms with Gasteiger partial charge in [0.2, 0.25) is 0 Å². The average molecular weight is 275 g/mol. The van der Waals surface area contributed by atoms with Crippen molar-refractivity contribution in [3.8, 4) is 0 Å². The number of pyridine rings is 1. The van der Waals surface area contributed by atoms with E-state index in [0.29, 0.717) is 12.1 Å². The summed E-state index contributed by atoms with van der Waals surface area (Å²) in [6, 6.07) is 5.58. The van der Waals surface area contributed by atoms with E-state index in [-0.39, 0.29) is 5.41 Å². The predicted octanol–water partition coefficient (Wildman–Crippen LogP) is 3.35. The highest BCUT2D eigenvalue weighted by Gasteiger charge is 2.27. The third-order valence-corrected chi connectivity index (χ3v) is 4.37. The average Bonchev–Trinajstić information content (AvgIpc) is 2.45. The number of nitrogens with one attached hydrogen (secondary N) is 1. The highest BCUT2D eigenvalue weighted by molar-refractivity contribution is 5.42. The Morgan fingerprint density at radius 3 is 2.50 bits per heavy atom. The molecule has 1 aromatic heterocycles. The van der Waals surface area contributed by atoms with Crippen LogP contribution in [-0.4, -0.2) is 30.2 Å². The van der Waals surface area contributed by atoms with Crippen molar-refractivity contribution in [2.24, 2.45) is 0 Å². The van der Waals surface area contributed by atoms with Gasteiger partial charge in [0.1, 0.15) is 5.82 Å². The third kappa shape index (κ3) is 3.32. The van der Waals surface area contributed by atoms with E-state index in [0.717, 1.165) is 25.3 Å². The van der Waals surface area contributed by atoms with E-state index in [1.165, 1.54) is 12.0 Å². The summed E-state index contributed by atoms with van der Waals surface area (Å²) in [6.07, 6.45) is 4.38. The first-order valence-corrected chi connectivity index (χ1v) is 7.92. The van der Waals surface area contributed by atoms with Crippen LogP contribution in [0.4, 0.5) is 5.82 Å². The number of anilines is 1. The van der Waals surface area contributed by atoms with Crippen LogP contribution in [0, 0.1) is 0 Å². The van der Waals surface area contributed by atoms with Crippen molar-refractivity contribution < 1.29 is 0 Å². The summed E-state index contributed by atoms with van der Waals surface area (Å²) < 4.78 is 0. The van der Waals surface area contributed by atoms with Crippen molar-refractivity contribution in [2.45, 2.75) is 65.0 Å². The van der Waals surface area contributed by atoms with E-state index in [4.69, 9.17) is 4.98 Å². The molecule has 2 atom stereocenters. The molecule has 0 spiro atoms. The molecule has 1 aromatic rings. The smallest absolute Gasteiger partial charge is 0.128 e. The maximum atomic E-state index is 4.73. The third-order valence-electron chi connectivity index (χ3n) is 4.37.